The lowest BCUT2D eigenvalue weighted by molar-refractivity contribution is -0.130. The highest BCUT2D eigenvalue weighted by atomic mass is 19.1. The fourth-order valence-corrected chi connectivity index (χ4v) is 4.36. The largest absolute Gasteiger partial charge is 0.435 e. The number of rotatable bonds is 7. The van der Waals surface area contributed by atoms with E-state index in [4.69, 9.17) is 4.74 Å². The van der Waals surface area contributed by atoms with Gasteiger partial charge in [0.15, 0.2) is 23.2 Å². The number of nitrogens with one attached hydrogen (secondary N) is 1. The fourth-order valence-electron chi connectivity index (χ4n) is 4.36. The zero-order valence-electron chi connectivity index (χ0n) is 22.1. The summed E-state index contributed by atoms with van der Waals surface area (Å²) < 4.78 is 49.1. The molecule has 0 saturated heterocycles. The lowest BCUT2D eigenvalue weighted by Gasteiger charge is -2.15. The number of aliphatic imine (C=N–C) groups is 1. The van der Waals surface area contributed by atoms with E-state index in [-0.39, 0.29) is 18.7 Å². The molecule has 1 fully saturated rings. The van der Waals surface area contributed by atoms with Gasteiger partial charge in [0.2, 0.25) is 11.8 Å². The third-order valence-corrected chi connectivity index (χ3v) is 7.00. The highest BCUT2D eigenvalue weighted by Gasteiger charge is 2.55. The van der Waals surface area contributed by atoms with Gasteiger partial charge in [0, 0.05) is 18.3 Å². The van der Waals surface area contributed by atoms with Gasteiger partial charge in [-0.3, -0.25) is 9.59 Å². The van der Waals surface area contributed by atoms with Gasteiger partial charge in [-0.25, -0.2) is 18.2 Å². The summed E-state index contributed by atoms with van der Waals surface area (Å²) in [6, 6.07) is 7.11. The van der Waals surface area contributed by atoms with Crippen molar-refractivity contribution in [2.45, 2.75) is 26.2 Å². The third-order valence-electron chi connectivity index (χ3n) is 7.00. The summed E-state index contributed by atoms with van der Waals surface area (Å²) in [5, 5.41) is 2.35. The quantitative estimate of drug-likeness (QED) is 0.222. The maximum atomic E-state index is 15.1. The van der Waals surface area contributed by atoms with Gasteiger partial charge in [-0.2, -0.15) is 0 Å². The molecule has 5 nitrogen and oxygen atoms in total. The maximum absolute atomic E-state index is 15.1. The zero-order valence-corrected chi connectivity index (χ0v) is 22.1. The van der Waals surface area contributed by atoms with E-state index >= 15 is 8.78 Å². The molecule has 0 atom stereocenters. The topological polar surface area (TPSA) is 67.8 Å². The number of allylic oxidation sites excluding steroid dienone is 6. The van der Waals surface area contributed by atoms with Crippen molar-refractivity contribution in [2.75, 3.05) is 5.32 Å². The normalized spacial score (nSPS) is 17.0. The molecular formula is C33H25F3N2O3. The molecule has 8 heteroatoms. The summed E-state index contributed by atoms with van der Waals surface area (Å²) in [6.07, 6.45) is 12.5. The van der Waals surface area contributed by atoms with Crippen LogP contribution in [0.1, 0.15) is 31.7 Å². The van der Waals surface area contributed by atoms with E-state index < -0.39 is 46.0 Å². The number of anilines is 1. The summed E-state index contributed by atoms with van der Waals surface area (Å²) >= 11 is 0. The van der Waals surface area contributed by atoms with Crippen LogP contribution in [0.15, 0.2) is 113 Å². The number of nitrogens with zero attached hydrogens (tertiary/aromatic N) is 1. The van der Waals surface area contributed by atoms with E-state index in [9.17, 15) is 14.0 Å². The first-order valence-corrected chi connectivity index (χ1v) is 13.0. The Hall–Kier alpha value is -4.94. The molecule has 5 rings (SSSR count). The predicted octanol–water partition coefficient (Wildman–Crippen LogP) is 7.32. The summed E-state index contributed by atoms with van der Waals surface area (Å²) in [5.41, 5.74) is 4.72. The number of benzene rings is 2. The van der Waals surface area contributed by atoms with Crippen LogP contribution in [-0.4, -0.2) is 17.6 Å². The molecular weight excluding hydrogens is 529 g/mol. The van der Waals surface area contributed by atoms with Crippen molar-refractivity contribution < 1.29 is 27.5 Å². The molecule has 1 saturated carbocycles. The zero-order chi connectivity index (χ0) is 29.1. The van der Waals surface area contributed by atoms with Crippen molar-refractivity contribution in [1.29, 1.82) is 0 Å². The van der Waals surface area contributed by atoms with Gasteiger partial charge in [-0.15, -0.1) is 5.73 Å². The number of hydrogen-bond acceptors (Lipinski definition) is 4. The van der Waals surface area contributed by atoms with Crippen molar-refractivity contribution in [3.8, 4) is 5.75 Å². The Morgan fingerprint density at radius 3 is 2.56 bits per heavy atom. The molecule has 41 heavy (non-hydrogen) atoms. The third kappa shape index (κ3) is 5.83. The number of ether oxygens (including phenoxy) is 1. The van der Waals surface area contributed by atoms with Crippen LogP contribution in [0.25, 0.3) is 6.08 Å². The van der Waals surface area contributed by atoms with Crippen molar-refractivity contribution in [1.82, 2.24) is 0 Å². The molecule has 1 heterocycles. The van der Waals surface area contributed by atoms with Crippen LogP contribution in [-0.2, 0) is 9.59 Å². The Morgan fingerprint density at radius 1 is 1.10 bits per heavy atom. The second-order valence-corrected chi connectivity index (χ2v) is 9.78. The van der Waals surface area contributed by atoms with Gasteiger partial charge in [0.25, 0.3) is 0 Å². The Kier molecular flexibility index (Phi) is 7.60. The van der Waals surface area contributed by atoms with Crippen LogP contribution in [0.5, 0.6) is 5.75 Å². The fraction of sp³-hybridized carbons (Fsp3) is 0.152. The van der Waals surface area contributed by atoms with E-state index in [0.29, 0.717) is 22.3 Å². The minimum Gasteiger partial charge on any atom is -0.435 e. The van der Waals surface area contributed by atoms with Gasteiger partial charge >= 0.3 is 0 Å². The van der Waals surface area contributed by atoms with Gasteiger partial charge in [-0.1, -0.05) is 31.7 Å². The number of carbonyl (C=O) groups excluding carboxylic acids is 2. The number of carbonyl (C=O) groups is 2. The monoisotopic (exact) mass is 554 g/mol. The first-order valence-electron chi connectivity index (χ1n) is 13.0. The first-order chi connectivity index (χ1) is 19.7. The molecule has 2 aromatic rings. The molecule has 3 aliphatic rings. The number of halogens is 3. The van der Waals surface area contributed by atoms with Crippen LogP contribution in [0, 0.1) is 22.9 Å². The molecule has 2 aromatic carbocycles. The second-order valence-electron chi connectivity index (χ2n) is 9.78. The molecule has 2 aliphatic carbocycles. The van der Waals surface area contributed by atoms with E-state index in [2.05, 4.69) is 22.6 Å². The standard InChI is InChI=1S/C33H25F3N2O3/c1-3-21-5-4-6-24-25(17-21)20(2)13-16-37-31(24)41-29-19-26(35)28(18-27(29)36)38-32(40)33(14-15-33)30(39)12-9-22-7-10-23(34)11-8-22/h5-13,16-19H,2-3,14-15H2,1H3,(H,38,40)/b12-9+. The molecule has 0 aromatic heterocycles. The number of amides is 1. The van der Waals surface area contributed by atoms with Gasteiger partial charge < -0.3 is 10.1 Å². The lowest BCUT2D eigenvalue weighted by atomic mass is 9.98. The Balaban J connectivity index is 1.34. The van der Waals surface area contributed by atoms with Crippen molar-refractivity contribution >= 4 is 29.4 Å². The van der Waals surface area contributed by atoms with Crippen LogP contribution in [0.2, 0.25) is 0 Å². The van der Waals surface area contributed by atoms with Crippen LogP contribution in [0.4, 0.5) is 18.9 Å². The van der Waals surface area contributed by atoms with Crippen molar-refractivity contribution in [2.24, 2.45) is 10.4 Å². The molecule has 206 valence electrons. The van der Waals surface area contributed by atoms with Crippen LogP contribution < -0.4 is 10.1 Å². The summed E-state index contributed by atoms with van der Waals surface area (Å²) in [5.74, 6) is -3.93. The van der Waals surface area contributed by atoms with Crippen molar-refractivity contribution in [3.05, 3.63) is 131 Å². The molecule has 1 amide bonds. The maximum Gasteiger partial charge on any atom is 0.238 e. The summed E-state index contributed by atoms with van der Waals surface area (Å²) in [4.78, 5) is 30.0. The molecule has 1 aliphatic heterocycles. The van der Waals surface area contributed by atoms with Gasteiger partial charge in [0.05, 0.1) is 11.3 Å². The smallest absolute Gasteiger partial charge is 0.238 e. The minimum absolute atomic E-state index is 0.0231. The SMILES string of the molecule is C=C1C=CN=C(Oc2cc(F)c(NC(=O)C3(C(=O)/C=C/c4ccc(F)cc4)CC3)cc2F)C2=C1C=C(CC)C=C=C2. The Labute approximate surface area is 235 Å². The van der Waals surface area contributed by atoms with E-state index in [1.54, 1.807) is 12.2 Å². The van der Waals surface area contributed by atoms with Crippen LogP contribution in [0.3, 0.4) is 0 Å². The number of hydrogen-bond donors (Lipinski definition) is 1. The van der Waals surface area contributed by atoms with Crippen molar-refractivity contribution in [3.63, 3.8) is 0 Å². The highest BCUT2D eigenvalue weighted by molar-refractivity contribution is 6.18. The summed E-state index contributed by atoms with van der Waals surface area (Å²) in [6.45, 7) is 6.05. The number of ketones is 1. The Bertz CT molecular complexity index is 1680. The molecule has 0 spiro atoms. The van der Waals surface area contributed by atoms with E-state index in [0.717, 1.165) is 24.1 Å². The highest BCUT2D eigenvalue weighted by Crippen LogP contribution is 2.48. The van der Waals surface area contributed by atoms with E-state index in [1.165, 1.54) is 42.6 Å². The Morgan fingerprint density at radius 2 is 1.85 bits per heavy atom. The average Bonchev–Trinajstić information content (AvgIpc) is 3.79. The second kappa shape index (κ2) is 11.3. The summed E-state index contributed by atoms with van der Waals surface area (Å²) in [7, 11) is 0. The van der Waals surface area contributed by atoms with Crippen LogP contribution >= 0.6 is 0 Å². The van der Waals surface area contributed by atoms with Gasteiger partial charge in [0.1, 0.15) is 11.2 Å². The molecule has 0 bridgehead atoms. The molecule has 0 unspecified atom stereocenters. The first kappa shape index (κ1) is 27.6. The molecule has 0 radical (unpaired) electrons. The predicted molar refractivity (Wildman–Crippen MR) is 151 cm³/mol. The average molecular weight is 555 g/mol. The van der Waals surface area contributed by atoms with E-state index in [1.807, 2.05) is 19.1 Å². The minimum atomic E-state index is -1.37. The molecule has 1 N–H and O–H groups in total. The lowest BCUT2D eigenvalue weighted by Crippen LogP contribution is -2.30. The van der Waals surface area contributed by atoms with Gasteiger partial charge in [-0.05, 0) is 84.1 Å².